The fourth-order valence-corrected chi connectivity index (χ4v) is 4.77. The molecule has 11 heteroatoms. The normalized spacial score (nSPS) is 15.8. The van der Waals surface area contributed by atoms with Crippen LogP contribution in [0.1, 0.15) is 32.4 Å². The molecule has 2 aliphatic rings. The van der Waals surface area contributed by atoms with E-state index < -0.39 is 6.09 Å². The number of thiophene rings is 1. The van der Waals surface area contributed by atoms with Gasteiger partial charge < -0.3 is 4.74 Å². The van der Waals surface area contributed by atoms with Gasteiger partial charge in [-0.05, 0) is 19.1 Å². The molecule has 168 valence electrons. The Bertz CT molecular complexity index is 1120. The third-order valence-corrected chi connectivity index (χ3v) is 6.38. The molecule has 2 aromatic rings. The van der Waals surface area contributed by atoms with Crippen LogP contribution in [0.25, 0.3) is 10.6 Å². The molecule has 32 heavy (non-hydrogen) atoms. The van der Waals surface area contributed by atoms with Crippen LogP contribution < -0.4 is 9.91 Å². The number of carbonyl (C=O) groups is 3. The summed E-state index contributed by atoms with van der Waals surface area (Å²) in [6, 6.07) is 3.65. The Morgan fingerprint density at radius 1 is 1.16 bits per heavy atom. The van der Waals surface area contributed by atoms with Gasteiger partial charge in [-0.2, -0.15) is 0 Å². The van der Waals surface area contributed by atoms with Crippen LogP contribution in [-0.2, 0) is 14.3 Å². The topological polar surface area (TPSA) is 88.0 Å². The van der Waals surface area contributed by atoms with Crippen LogP contribution in [0, 0.1) is 0 Å². The molecule has 0 spiro atoms. The van der Waals surface area contributed by atoms with Gasteiger partial charge in [-0.25, -0.2) is 19.5 Å². The molecule has 0 aromatic carbocycles. The molecular formula is C21H22ClN5O4S. The maximum atomic E-state index is 12.5. The second kappa shape index (κ2) is 8.79. The number of fused-ring (bicyclic) bond motifs is 1. The van der Waals surface area contributed by atoms with E-state index in [1.807, 2.05) is 18.2 Å². The van der Waals surface area contributed by atoms with Crippen molar-refractivity contribution in [1.29, 1.82) is 0 Å². The molecule has 2 aliphatic heterocycles. The highest BCUT2D eigenvalue weighted by atomic mass is 35.5. The van der Waals surface area contributed by atoms with Crippen LogP contribution in [0.5, 0.6) is 0 Å². The van der Waals surface area contributed by atoms with E-state index in [1.165, 1.54) is 30.1 Å². The van der Waals surface area contributed by atoms with Gasteiger partial charge in [0.2, 0.25) is 17.8 Å². The minimum Gasteiger partial charge on any atom is -0.449 e. The summed E-state index contributed by atoms with van der Waals surface area (Å²) in [7, 11) is 0. The Kier molecular flexibility index (Phi) is 6.07. The number of allylic oxidation sites excluding steroid dienone is 2. The number of hydrogen-bond acceptors (Lipinski definition) is 6. The van der Waals surface area contributed by atoms with E-state index in [0.717, 1.165) is 4.88 Å². The third kappa shape index (κ3) is 3.91. The van der Waals surface area contributed by atoms with Gasteiger partial charge in [-0.15, -0.1) is 11.3 Å². The van der Waals surface area contributed by atoms with Gasteiger partial charge >= 0.3 is 6.09 Å². The van der Waals surface area contributed by atoms with E-state index in [0.29, 0.717) is 34.8 Å². The zero-order valence-corrected chi connectivity index (χ0v) is 19.4. The second-order valence-electron chi connectivity index (χ2n) is 7.19. The van der Waals surface area contributed by atoms with Gasteiger partial charge in [0, 0.05) is 38.7 Å². The first-order valence-corrected chi connectivity index (χ1v) is 11.3. The first kappa shape index (κ1) is 22.1. The van der Waals surface area contributed by atoms with Gasteiger partial charge in [-0.3, -0.25) is 19.4 Å². The average Bonchev–Trinajstić information content (AvgIpc) is 3.36. The van der Waals surface area contributed by atoms with Crippen molar-refractivity contribution in [2.75, 3.05) is 29.6 Å². The molecule has 2 aromatic heterocycles. The highest BCUT2D eigenvalue weighted by Gasteiger charge is 2.36. The zero-order valence-electron chi connectivity index (χ0n) is 17.8. The molecule has 0 aliphatic carbocycles. The van der Waals surface area contributed by atoms with Crippen molar-refractivity contribution in [3.63, 3.8) is 0 Å². The quantitative estimate of drug-likeness (QED) is 0.675. The highest BCUT2D eigenvalue weighted by molar-refractivity contribution is 7.19. The Morgan fingerprint density at radius 3 is 2.44 bits per heavy atom. The maximum Gasteiger partial charge on any atom is 0.417 e. The lowest BCUT2D eigenvalue weighted by atomic mass is 10.0. The molecule has 0 atom stereocenters. The van der Waals surface area contributed by atoms with Crippen molar-refractivity contribution in [1.82, 2.24) is 14.6 Å². The predicted octanol–water partition coefficient (Wildman–Crippen LogP) is 3.70. The molecule has 0 saturated heterocycles. The number of amides is 3. The third-order valence-electron chi connectivity index (χ3n) is 5.14. The first-order chi connectivity index (χ1) is 15.3. The number of carbonyl (C=O) groups excluding carboxylic acids is 3. The molecule has 0 radical (unpaired) electrons. The Balaban J connectivity index is 1.86. The van der Waals surface area contributed by atoms with Crippen molar-refractivity contribution >= 4 is 46.8 Å². The number of hydrogen-bond donors (Lipinski definition) is 0. The van der Waals surface area contributed by atoms with Crippen molar-refractivity contribution in [3.05, 3.63) is 46.7 Å². The predicted molar refractivity (Wildman–Crippen MR) is 122 cm³/mol. The Hall–Kier alpha value is -3.11. The van der Waals surface area contributed by atoms with E-state index in [1.54, 1.807) is 40.0 Å². The zero-order chi connectivity index (χ0) is 23.0. The fraction of sp³-hybridized carbons (Fsp3) is 0.333. The smallest absolute Gasteiger partial charge is 0.417 e. The molecule has 0 N–H and O–H groups in total. The average molecular weight is 476 g/mol. The van der Waals surface area contributed by atoms with Gasteiger partial charge in [0.25, 0.3) is 0 Å². The number of halogens is 1. The molecular weight excluding hydrogens is 454 g/mol. The van der Waals surface area contributed by atoms with Crippen LogP contribution in [0.2, 0.25) is 4.34 Å². The van der Waals surface area contributed by atoms with E-state index >= 15 is 0 Å². The van der Waals surface area contributed by atoms with Crippen LogP contribution in [0.3, 0.4) is 0 Å². The number of ether oxygens (including phenoxy) is 1. The van der Waals surface area contributed by atoms with Gasteiger partial charge in [0.05, 0.1) is 28.1 Å². The lowest BCUT2D eigenvalue weighted by molar-refractivity contribution is -0.119. The van der Waals surface area contributed by atoms with Crippen LogP contribution in [-0.4, -0.2) is 52.2 Å². The first-order valence-electron chi connectivity index (χ1n) is 10.1. The molecule has 9 nitrogen and oxygen atoms in total. The van der Waals surface area contributed by atoms with Gasteiger partial charge in [0.15, 0.2) is 0 Å². The summed E-state index contributed by atoms with van der Waals surface area (Å²) in [6.45, 7) is 5.66. The van der Waals surface area contributed by atoms with E-state index in [4.69, 9.17) is 21.3 Å². The number of nitrogens with zero attached hydrogens (tertiary/aromatic N) is 5. The van der Waals surface area contributed by atoms with E-state index in [2.05, 4.69) is 0 Å². The lowest BCUT2D eigenvalue weighted by Gasteiger charge is -2.36. The summed E-state index contributed by atoms with van der Waals surface area (Å²) in [5.74, 6) is -0.264. The Labute approximate surface area is 194 Å². The summed E-state index contributed by atoms with van der Waals surface area (Å²) in [5, 5.41) is 1.58. The number of imidazole rings is 1. The standard InChI is InChI=1S/C21H22ClN5O4S/c1-4-31-21(30)24-9-7-15(8-10-24)19-18(16-5-6-17(22)32-16)23-20-25(13(2)28)11-12-26(14(3)29)27(19)20/h5-10,15H,4,11-12H2,1-3H3. The molecule has 4 rings (SSSR count). The number of aromatic nitrogens is 2. The number of rotatable bonds is 3. The molecule has 0 bridgehead atoms. The molecule has 4 heterocycles. The van der Waals surface area contributed by atoms with Crippen molar-refractivity contribution < 1.29 is 19.1 Å². The van der Waals surface area contributed by atoms with Crippen LogP contribution in [0.15, 0.2) is 36.7 Å². The molecule has 0 saturated carbocycles. The van der Waals surface area contributed by atoms with Crippen molar-refractivity contribution in [2.24, 2.45) is 0 Å². The summed E-state index contributed by atoms with van der Waals surface area (Å²) in [4.78, 5) is 45.4. The largest absolute Gasteiger partial charge is 0.449 e. The van der Waals surface area contributed by atoms with Crippen molar-refractivity contribution in [2.45, 2.75) is 26.7 Å². The highest BCUT2D eigenvalue weighted by Crippen LogP contribution is 2.40. The summed E-state index contributed by atoms with van der Waals surface area (Å²) < 4.78 is 7.35. The van der Waals surface area contributed by atoms with Crippen LogP contribution in [0.4, 0.5) is 10.7 Å². The summed E-state index contributed by atoms with van der Waals surface area (Å²) in [5.41, 5.74) is 1.33. The summed E-state index contributed by atoms with van der Waals surface area (Å²) in [6.07, 6.45) is 6.41. The van der Waals surface area contributed by atoms with E-state index in [9.17, 15) is 14.4 Å². The van der Waals surface area contributed by atoms with Crippen LogP contribution >= 0.6 is 22.9 Å². The van der Waals surface area contributed by atoms with Gasteiger partial charge in [0.1, 0.15) is 5.69 Å². The molecule has 0 unspecified atom stereocenters. The van der Waals surface area contributed by atoms with E-state index in [-0.39, 0.29) is 24.3 Å². The SMILES string of the molecule is CCOC(=O)N1C=CC(c2c(-c3ccc(Cl)s3)nc3n2N(C(C)=O)CCN3C(C)=O)C=C1. The monoisotopic (exact) mass is 475 g/mol. The second-order valence-corrected chi connectivity index (χ2v) is 8.90. The fourth-order valence-electron chi connectivity index (χ4n) is 3.73. The lowest BCUT2D eigenvalue weighted by Crippen LogP contribution is -2.52. The maximum absolute atomic E-state index is 12.5. The minimum atomic E-state index is -0.479. The Morgan fingerprint density at radius 2 is 1.88 bits per heavy atom. The van der Waals surface area contributed by atoms with Crippen molar-refractivity contribution in [3.8, 4) is 10.6 Å². The molecule has 3 amide bonds. The molecule has 0 fully saturated rings. The minimum absolute atomic E-state index is 0.162. The number of anilines is 1. The summed E-state index contributed by atoms with van der Waals surface area (Å²) >= 11 is 7.55. The van der Waals surface area contributed by atoms with Gasteiger partial charge in [-0.1, -0.05) is 23.8 Å².